The van der Waals surface area contributed by atoms with E-state index in [1.54, 1.807) is 36.0 Å². The molecule has 0 saturated carbocycles. The minimum atomic E-state index is -0.275. The number of benzene rings is 3. The normalized spacial score (nSPS) is 15.4. The number of hydrogen-bond acceptors (Lipinski definition) is 6. The van der Waals surface area contributed by atoms with Gasteiger partial charge >= 0.3 is 0 Å². The fourth-order valence-corrected chi connectivity index (χ4v) is 5.82. The maximum absolute atomic E-state index is 12.8. The van der Waals surface area contributed by atoms with Gasteiger partial charge in [-0.3, -0.25) is 14.9 Å². The zero-order chi connectivity index (χ0) is 24.4. The van der Waals surface area contributed by atoms with Gasteiger partial charge in [-0.25, -0.2) is 0 Å². The molecule has 1 aliphatic rings. The van der Waals surface area contributed by atoms with Crippen LogP contribution < -0.4 is 5.32 Å². The van der Waals surface area contributed by atoms with Crippen molar-refractivity contribution in [3.05, 3.63) is 99.5 Å². The Balaban J connectivity index is 1.26. The smallest absolute Gasteiger partial charge is 0.257 e. The molecule has 1 aromatic heterocycles. The third-order valence-electron chi connectivity index (χ3n) is 5.43. The van der Waals surface area contributed by atoms with Gasteiger partial charge in [-0.1, -0.05) is 70.9 Å². The molecular formula is C25H18Cl2N4O2S2. The zero-order valence-electron chi connectivity index (χ0n) is 18.2. The van der Waals surface area contributed by atoms with Crippen LogP contribution in [0, 0.1) is 0 Å². The number of nitrogens with one attached hydrogen (secondary N) is 1. The summed E-state index contributed by atoms with van der Waals surface area (Å²) in [6.45, 7) is 0.503. The molecule has 0 spiro atoms. The number of thioether (sulfide) groups is 1. The van der Waals surface area contributed by atoms with Gasteiger partial charge in [0.2, 0.25) is 11.0 Å². The number of aromatic nitrogens is 2. The molecule has 10 heteroatoms. The first-order valence-corrected chi connectivity index (χ1v) is 13.2. The number of anilines is 1. The van der Waals surface area contributed by atoms with Gasteiger partial charge in [0, 0.05) is 27.7 Å². The van der Waals surface area contributed by atoms with Crippen LogP contribution in [-0.4, -0.2) is 32.7 Å². The van der Waals surface area contributed by atoms with E-state index in [9.17, 15) is 9.59 Å². The van der Waals surface area contributed by atoms with Crippen LogP contribution in [0.25, 0.3) is 10.6 Å². The summed E-state index contributed by atoms with van der Waals surface area (Å²) in [5, 5.41) is 13.3. The van der Waals surface area contributed by atoms with E-state index in [1.807, 2.05) is 53.4 Å². The van der Waals surface area contributed by atoms with Crippen LogP contribution in [0.4, 0.5) is 5.13 Å². The number of rotatable bonds is 6. The maximum atomic E-state index is 12.8. The quantitative estimate of drug-likeness (QED) is 0.300. The minimum absolute atomic E-state index is 0.0875. The third kappa shape index (κ3) is 5.51. The van der Waals surface area contributed by atoms with Crippen LogP contribution >= 0.6 is 46.3 Å². The Morgan fingerprint density at radius 1 is 0.943 bits per heavy atom. The second kappa shape index (κ2) is 10.4. The number of amides is 2. The largest absolute Gasteiger partial charge is 0.322 e. The molecule has 1 aliphatic heterocycles. The summed E-state index contributed by atoms with van der Waals surface area (Å²) in [6.07, 6.45) is 0. The highest BCUT2D eigenvalue weighted by Gasteiger charge is 2.32. The Morgan fingerprint density at radius 3 is 2.29 bits per heavy atom. The molecule has 1 atom stereocenters. The second-order valence-corrected chi connectivity index (χ2v) is 10.7. The molecular weight excluding hydrogens is 523 g/mol. The molecule has 5 rings (SSSR count). The Bertz CT molecular complexity index is 1360. The van der Waals surface area contributed by atoms with Crippen LogP contribution in [0.5, 0.6) is 0 Å². The summed E-state index contributed by atoms with van der Waals surface area (Å²) in [5.74, 6) is 0.237. The Hall–Kier alpha value is -2.91. The number of carbonyl (C=O) groups excluding carboxylic acids is 2. The predicted octanol–water partition coefficient (Wildman–Crippen LogP) is 6.54. The average molecular weight is 541 g/mol. The van der Waals surface area contributed by atoms with Crippen molar-refractivity contribution in [2.45, 2.75) is 11.9 Å². The monoisotopic (exact) mass is 540 g/mol. The van der Waals surface area contributed by atoms with E-state index in [0.29, 0.717) is 38.0 Å². The highest BCUT2D eigenvalue weighted by atomic mass is 35.5. The molecule has 4 aromatic rings. The van der Waals surface area contributed by atoms with Crippen molar-refractivity contribution in [1.29, 1.82) is 0 Å². The lowest BCUT2D eigenvalue weighted by atomic mass is 10.1. The van der Waals surface area contributed by atoms with Crippen molar-refractivity contribution in [2.75, 3.05) is 11.1 Å². The van der Waals surface area contributed by atoms with Crippen LogP contribution in [0.15, 0.2) is 72.8 Å². The molecule has 176 valence electrons. The molecule has 0 unspecified atom stereocenters. The number of hydrogen-bond donors (Lipinski definition) is 1. The topological polar surface area (TPSA) is 75.2 Å². The summed E-state index contributed by atoms with van der Waals surface area (Å²) in [4.78, 5) is 27.1. The first kappa shape index (κ1) is 23.8. The molecule has 6 nitrogen and oxygen atoms in total. The highest BCUT2D eigenvalue weighted by molar-refractivity contribution is 8.00. The first-order chi connectivity index (χ1) is 17.0. The van der Waals surface area contributed by atoms with Gasteiger partial charge in [-0.2, -0.15) is 0 Å². The molecule has 2 heterocycles. The van der Waals surface area contributed by atoms with Crippen LogP contribution in [0.1, 0.15) is 26.9 Å². The van der Waals surface area contributed by atoms with E-state index in [4.69, 9.17) is 23.2 Å². The third-order valence-corrected chi connectivity index (χ3v) is 8.08. The van der Waals surface area contributed by atoms with E-state index < -0.39 is 0 Å². The molecule has 3 aromatic carbocycles. The molecule has 0 bridgehead atoms. The fourth-order valence-electron chi connectivity index (χ4n) is 3.64. The van der Waals surface area contributed by atoms with Gasteiger partial charge in [0.15, 0.2) is 0 Å². The lowest BCUT2D eigenvalue weighted by Gasteiger charge is -2.24. The number of carbonyl (C=O) groups is 2. The van der Waals surface area contributed by atoms with Crippen molar-refractivity contribution in [3.8, 4) is 10.6 Å². The first-order valence-electron chi connectivity index (χ1n) is 10.6. The molecule has 1 N–H and O–H groups in total. The van der Waals surface area contributed by atoms with Crippen LogP contribution in [-0.2, 0) is 11.3 Å². The lowest BCUT2D eigenvalue weighted by molar-refractivity contribution is -0.128. The van der Waals surface area contributed by atoms with E-state index in [1.165, 1.54) is 11.3 Å². The molecule has 1 saturated heterocycles. The SMILES string of the molecule is O=C(Nc1nnc(-c2ccc(Cl)cc2)s1)c1ccc([C@@H]2SCC(=O)N2Cc2ccc(Cl)cc2)cc1. The van der Waals surface area contributed by atoms with Gasteiger partial charge in [-0.05, 0) is 47.5 Å². The summed E-state index contributed by atoms with van der Waals surface area (Å²) >= 11 is 14.8. The van der Waals surface area contributed by atoms with Gasteiger partial charge in [0.25, 0.3) is 5.91 Å². The molecule has 0 aliphatic carbocycles. The Morgan fingerprint density at radius 2 is 1.60 bits per heavy atom. The molecule has 2 amide bonds. The minimum Gasteiger partial charge on any atom is -0.322 e. The standard InChI is InChI=1S/C25H18Cl2N4O2S2/c26-19-9-1-15(2-10-19)13-31-21(32)14-34-24(31)18-5-3-16(4-6-18)22(33)28-25-30-29-23(35-25)17-7-11-20(27)12-8-17/h1-12,24H,13-14H2,(H,28,30,33)/t24-/m0/s1. The zero-order valence-corrected chi connectivity index (χ0v) is 21.3. The van der Waals surface area contributed by atoms with Crippen LogP contribution in [0.3, 0.4) is 0 Å². The van der Waals surface area contributed by atoms with Gasteiger partial charge < -0.3 is 4.90 Å². The van der Waals surface area contributed by atoms with E-state index in [2.05, 4.69) is 15.5 Å². The van der Waals surface area contributed by atoms with E-state index >= 15 is 0 Å². The highest BCUT2D eigenvalue weighted by Crippen LogP contribution is 2.39. The van der Waals surface area contributed by atoms with E-state index in [-0.39, 0.29) is 17.2 Å². The Labute approximate surface area is 220 Å². The summed E-state index contributed by atoms with van der Waals surface area (Å²) in [6, 6.07) is 22.1. The van der Waals surface area contributed by atoms with Crippen molar-refractivity contribution < 1.29 is 9.59 Å². The Kier molecular flexibility index (Phi) is 7.06. The predicted molar refractivity (Wildman–Crippen MR) is 142 cm³/mol. The van der Waals surface area contributed by atoms with Crippen molar-refractivity contribution in [3.63, 3.8) is 0 Å². The van der Waals surface area contributed by atoms with Crippen molar-refractivity contribution in [2.24, 2.45) is 0 Å². The van der Waals surface area contributed by atoms with Gasteiger partial charge in [0.1, 0.15) is 10.4 Å². The summed E-state index contributed by atoms with van der Waals surface area (Å²) in [7, 11) is 0. The van der Waals surface area contributed by atoms with E-state index in [0.717, 1.165) is 16.7 Å². The van der Waals surface area contributed by atoms with Crippen molar-refractivity contribution in [1.82, 2.24) is 15.1 Å². The van der Waals surface area contributed by atoms with Gasteiger partial charge in [-0.15, -0.1) is 22.0 Å². The lowest BCUT2D eigenvalue weighted by Crippen LogP contribution is -2.27. The fraction of sp³-hybridized carbons (Fsp3) is 0.120. The maximum Gasteiger partial charge on any atom is 0.257 e. The molecule has 35 heavy (non-hydrogen) atoms. The average Bonchev–Trinajstić information content (AvgIpc) is 3.48. The number of halogens is 2. The van der Waals surface area contributed by atoms with Crippen molar-refractivity contribution >= 4 is 63.2 Å². The summed E-state index contributed by atoms with van der Waals surface area (Å²) < 4.78 is 0. The van der Waals surface area contributed by atoms with Crippen LogP contribution in [0.2, 0.25) is 10.0 Å². The number of nitrogens with zero attached hydrogens (tertiary/aromatic N) is 3. The molecule has 0 radical (unpaired) electrons. The summed E-state index contributed by atoms with van der Waals surface area (Å²) in [5.41, 5.74) is 3.35. The molecule has 1 fully saturated rings. The second-order valence-electron chi connectivity index (χ2n) is 7.81. The van der Waals surface area contributed by atoms with Gasteiger partial charge in [0.05, 0.1) is 5.75 Å².